The molecule has 0 heterocycles. The van der Waals surface area contributed by atoms with Crippen molar-refractivity contribution in [2.24, 2.45) is 34.5 Å². The number of hydrogen-bond acceptors (Lipinski definition) is 1. The Morgan fingerprint density at radius 3 is 2.62 bits per heavy atom. The van der Waals surface area contributed by atoms with Crippen LogP contribution in [0.3, 0.4) is 0 Å². The van der Waals surface area contributed by atoms with Gasteiger partial charge in [-0.2, -0.15) is 0 Å². The van der Waals surface area contributed by atoms with Crippen molar-refractivity contribution in [2.45, 2.75) is 85.1 Å². The highest BCUT2D eigenvalue weighted by molar-refractivity contribution is 5.80. The first kappa shape index (κ1) is 18.3. The summed E-state index contributed by atoms with van der Waals surface area (Å²) in [5, 5.41) is 3.28. The number of fused-ring (bicyclic) bond motifs is 5. The Balaban J connectivity index is 1.60. The molecule has 1 N–H and O–H groups in total. The predicted octanol–water partition coefficient (Wildman–Crippen LogP) is 5.65. The van der Waals surface area contributed by atoms with Crippen LogP contribution in [0.2, 0.25) is 0 Å². The smallest absolute Gasteiger partial charge is 0.224 e. The van der Waals surface area contributed by atoms with Crippen LogP contribution in [0.15, 0.2) is 23.8 Å². The maximum atomic E-state index is 13.0. The lowest BCUT2D eigenvalue weighted by Gasteiger charge is -2.56. The van der Waals surface area contributed by atoms with E-state index in [0.29, 0.717) is 11.3 Å². The number of amides is 1. The zero-order valence-corrected chi connectivity index (χ0v) is 17.4. The first-order valence-corrected chi connectivity index (χ1v) is 10.8. The van der Waals surface area contributed by atoms with E-state index in [1.807, 2.05) is 0 Å². The van der Waals surface area contributed by atoms with E-state index in [1.165, 1.54) is 38.5 Å². The molecule has 144 valence electrons. The summed E-state index contributed by atoms with van der Waals surface area (Å²) in [5.41, 5.74) is 2.05. The third-order valence-corrected chi connectivity index (χ3v) is 8.47. The molecule has 26 heavy (non-hydrogen) atoms. The van der Waals surface area contributed by atoms with Crippen LogP contribution in [0.5, 0.6) is 0 Å². The van der Waals surface area contributed by atoms with Crippen LogP contribution in [0.4, 0.5) is 0 Å². The molecular formula is C24H37NO. The molecule has 2 heteroatoms. The van der Waals surface area contributed by atoms with E-state index in [9.17, 15) is 4.79 Å². The van der Waals surface area contributed by atoms with E-state index in [4.69, 9.17) is 0 Å². The standard InChI is InChI=1S/C24H37NO/c1-22(2,3)25-21(26)20-12-11-18-17-10-9-16-8-6-7-14-23(16,4)19(17)13-15-24(18,20)5/h6,8-9,17-20H,7,10-15H2,1-5H3,(H,25,26)/t17-,18-,19-,20+,23-,24-/m0/s1. The maximum absolute atomic E-state index is 13.0. The molecule has 0 aromatic heterocycles. The van der Waals surface area contributed by atoms with Gasteiger partial charge in [0.15, 0.2) is 0 Å². The molecule has 4 rings (SSSR count). The fourth-order valence-electron chi connectivity index (χ4n) is 7.19. The van der Waals surface area contributed by atoms with Crippen molar-refractivity contribution in [2.75, 3.05) is 0 Å². The Kier molecular flexibility index (Phi) is 4.21. The fourth-order valence-corrected chi connectivity index (χ4v) is 7.19. The summed E-state index contributed by atoms with van der Waals surface area (Å²) >= 11 is 0. The van der Waals surface area contributed by atoms with Gasteiger partial charge >= 0.3 is 0 Å². The number of carbonyl (C=O) groups excluding carboxylic acids is 1. The molecule has 0 spiro atoms. The highest BCUT2D eigenvalue weighted by Gasteiger charge is 2.59. The number of hydrogen-bond donors (Lipinski definition) is 1. The lowest BCUT2D eigenvalue weighted by Crippen LogP contribution is -2.52. The van der Waals surface area contributed by atoms with Gasteiger partial charge in [0.25, 0.3) is 0 Å². The minimum absolute atomic E-state index is 0.132. The minimum atomic E-state index is -0.132. The molecule has 0 unspecified atom stereocenters. The van der Waals surface area contributed by atoms with E-state index in [1.54, 1.807) is 5.57 Å². The van der Waals surface area contributed by atoms with Crippen molar-refractivity contribution in [1.82, 2.24) is 5.32 Å². The van der Waals surface area contributed by atoms with Crippen molar-refractivity contribution < 1.29 is 4.79 Å². The van der Waals surface area contributed by atoms with Gasteiger partial charge in [0.2, 0.25) is 5.91 Å². The molecule has 0 aliphatic heterocycles. The van der Waals surface area contributed by atoms with Crippen molar-refractivity contribution in [3.8, 4) is 0 Å². The number of allylic oxidation sites excluding steroid dienone is 4. The largest absolute Gasteiger partial charge is 0.351 e. The number of rotatable bonds is 1. The van der Waals surface area contributed by atoms with Crippen LogP contribution in [0.25, 0.3) is 0 Å². The summed E-state index contributed by atoms with van der Waals surface area (Å²) in [5.74, 6) is 2.82. The van der Waals surface area contributed by atoms with Crippen LogP contribution in [-0.2, 0) is 4.79 Å². The summed E-state index contributed by atoms with van der Waals surface area (Å²) in [6.07, 6.45) is 16.0. The Labute approximate surface area is 159 Å². The first-order valence-electron chi connectivity index (χ1n) is 10.8. The quantitative estimate of drug-likeness (QED) is 0.647. The topological polar surface area (TPSA) is 29.1 Å². The molecule has 6 atom stereocenters. The van der Waals surface area contributed by atoms with E-state index in [0.717, 1.165) is 24.2 Å². The van der Waals surface area contributed by atoms with E-state index in [-0.39, 0.29) is 16.9 Å². The lowest BCUT2D eigenvalue weighted by atomic mass is 9.48. The average molecular weight is 356 g/mol. The van der Waals surface area contributed by atoms with Gasteiger partial charge in [-0.25, -0.2) is 0 Å². The third-order valence-electron chi connectivity index (χ3n) is 8.47. The molecule has 0 bridgehead atoms. The molecular weight excluding hydrogens is 318 g/mol. The van der Waals surface area contributed by atoms with E-state index >= 15 is 0 Å². The first-order chi connectivity index (χ1) is 12.2. The summed E-state index contributed by atoms with van der Waals surface area (Å²) in [4.78, 5) is 13.0. The van der Waals surface area contributed by atoms with Crippen LogP contribution < -0.4 is 5.32 Å². The van der Waals surface area contributed by atoms with E-state index < -0.39 is 0 Å². The zero-order chi connectivity index (χ0) is 18.7. The Bertz CT molecular complexity index is 654. The average Bonchev–Trinajstić information content (AvgIpc) is 2.90. The second kappa shape index (κ2) is 5.97. The minimum Gasteiger partial charge on any atom is -0.351 e. The van der Waals surface area contributed by atoms with Crippen LogP contribution in [0, 0.1) is 34.5 Å². The van der Waals surface area contributed by atoms with Gasteiger partial charge in [0.1, 0.15) is 0 Å². The van der Waals surface area contributed by atoms with Gasteiger partial charge in [-0.1, -0.05) is 32.1 Å². The van der Waals surface area contributed by atoms with Crippen molar-refractivity contribution in [3.05, 3.63) is 23.8 Å². The molecule has 2 saturated carbocycles. The van der Waals surface area contributed by atoms with Gasteiger partial charge in [-0.15, -0.1) is 0 Å². The summed E-state index contributed by atoms with van der Waals surface area (Å²) < 4.78 is 0. The molecule has 1 amide bonds. The highest BCUT2D eigenvalue weighted by Crippen LogP contribution is 2.65. The van der Waals surface area contributed by atoms with Crippen molar-refractivity contribution in [1.29, 1.82) is 0 Å². The van der Waals surface area contributed by atoms with Gasteiger partial charge in [-0.3, -0.25) is 4.79 Å². The molecule has 0 saturated heterocycles. The fraction of sp³-hybridized carbons (Fsp3) is 0.792. The molecule has 2 nitrogen and oxygen atoms in total. The van der Waals surface area contributed by atoms with E-state index in [2.05, 4.69) is 58.2 Å². The lowest BCUT2D eigenvalue weighted by molar-refractivity contribution is -0.133. The van der Waals surface area contributed by atoms with Gasteiger partial charge < -0.3 is 5.32 Å². The third kappa shape index (κ3) is 2.70. The van der Waals surface area contributed by atoms with Gasteiger partial charge in [0, 0.05) is 11.5 Å². The second-order valence-corrected chi connectivity index (χ2v) is 11.0. The molecule has 0 aromatic carbocycles. The van der Waals surface area contributed by atoms with Crippen molar-refractivity contribution in [3.63, 3.8) is 0 Å². The maximum Gasteiger partial charge on any atom is 0.224 e. The number of carbonyl (C=O) groups is 1. The Morgan fingerprint density at radius 2 is 1.88 bits per heavy atom. The molecule has 0 radical (unpaired) electrons. The molecule has 2 fully saturated rings. The Morgan fingerprint density at radius 1 is 1.12 bits per heavy atom. The number of nitrogens with one attached hydrogen (secondary N) is 1. The monoisotopic (exact) mass is 355 g/mol. The zero-order valence-electron chi connectivity index (χ0n) is 17.4. The normalized spacial score (nSPS) is 44.6. The second-order valence-electron chi connectivity index (χ2n) is 11.0. The van der Waals surface area contributed by atoms with Crippen LogP contribution in [0.1, 0.15) is 79.6 Å². The summed E-state index contributed by atoms with van der Waals surface area (Å²) in [6, 6.07) is 0. The van der Waals surface area contributed by atoms with Crippen LogP contribution in [-0.4, -0.2) is 11.4 Å². The predicted molar refractivity (Wildman–Crippen MR) is 108 cm³/mol. The summed E-state index contributed by atoms with van der Waals surface area (Å²) in [6.45, 7) is 11.3. The summed E-state index contributed by atoms with van der Waals surface area (Å²) in [7, 11) is 0. The van der Waals surface area contributed by atoms with Gasteiger partial charge in [-0.05, 0) is 99.9 Å². The van der Waals surface area contributed by atoms with Crippen molar-refractivity contribution >= 4 is 5.91 Å². The van der Waals surface area contributed by atoms with Crippen LogP contribution >= 0.6 is 0 Å². The Hall–Kier alpha value is -1.05. The SMILES string of the molecule is CC(C)(C)NC(=O)[C@H]1CC[C@H]2[C@@H]3CC=C4C=CCC[C@]4(C)[C@H]3CC[C@]12C. The van der Waals surface area contributed by atoms with Gasteiger partial charge in [0.05, 0.1) is 0 Å². The molecule has 4 aliphatic rings. The molecule has 0 aromatic rings. The molecule has 4 aliphatic carbocycles. The highest BCUT2D eigenvalue weighted by atomic mass is 16.2.